The van der Waals surface area contributed by atoms with Crippen LogP contribution in [0.1, 0.15) is 0 Å². The van der Waals surface area contributed by atoms with Gasteiger partial charge in [0, 0.05) is 31.5 Å². The lowest BCUT2D eigenvalue weighted by molar-refractivity contribution is 0.485. The summed E-state index contributed by atoms with van der Waals surface area (Å²) in [5, 5.41) is 12.2. The molecule has 0 bridgehead atoms. The fraction of sp³-hybridized carbons (Fsp3) is 0.250. The molecule has 0 aliphatic carbocycles. The average Bonchev–Trinajstić information content (AvgIpc) is 2.84. The Hall–Kier alpha value is -2.97. The summed E-state index contributed by atoms with van der Waals surface area (Å²) in [6.07, 6.45) is 2.99. The second-order valence-electron chi connectivity index (χ2n) is 4.62. The summed E-state index contributed by atoms with van der Waals surface area (Å²) in [6.45, 7) is 0.504. The third kappa shape index (κ3) is 2.29. The van der Waals surface area contributed by atoms with Gasteiger partial charge in [0.15, 0.2) is 5.65 Å². The van der Waals surface area contributed by atoms with Crippen LogP contribution in [0, 0.1) is 0 Å². The average molecular weight is 287 g/mol. The molecule has 0 atom stereocenters. The molecule has 9 heteroatoms. The van der Waals surface area contributed by atoms with Crippen LogP contribution >= 0.6 is 0 Å². The van der Waals surface area contributed by atoms with E-state index < -0.39 is 0 Å². The molecule has 0 aliphatic rings. The zero-order chi connectivity index (χ0) is 15.0. The first-order valence-electron chi connectivity index (χ1n) is 6.28. The van der Waals surface area contributed by atoms with E-state index >= 15 is 0 Å². The van der Waals surface area contributed by atoms with Gasteiger partial charge in [0.25, 0.3) is 11.1 Å². The lowest BCUT2D eigenvalue weighted by Crippen LogP contribution is -2.29. The fourth-order valence-electron chi connectivity index (χ4n) is 2.05. The van der Waals surface area contributed by atoms with Gasteiger partial charge < -0.3 is 10.3 Å². The summed E-state index contributed by atoms with van der Waals surface area (Å²) in [5.74, 6) is 0. The minimum Gasteiger partial charge on any atom is -0.398 e. The van der Waals surface area contributed by atoms with Crippen LogP contribution in [0.15, 0.2) is 34.1 Å². The highest BCUT2D eigenvalue weighted by Gasteiger charge is 2.09. The molecule has 0 amide bonds. The third-order valence-corrected chi connectivity index (χ3v) is 3.18. The van der Waals surface area contributed by atoms with Crippen molar-refractivity contribution in [2.45, 2.75) is 13.1 Å². The summed E-state index contributed by atoms with van der Waals surface area (Å²) in [7, 11) is 1.69. The number of hydrogen-bond donors (Lipinski definition) is 1. The van der Waals surface area contributed by atoms with Gasteiger partial charge in [-0.05, 0) is 6.07 Å². The number of fused-ring (bicyclic) bond motifs is 1. The number of nitrogens with zero attached hydrogens (tertiary/aromatic N) is 6. The van der Waals surface area contributed by atoms with Crippen LogP contribution in [0.5, 0.6) is 0 Å². The Balaban J connectivity index is 1.92. The fourth-order valence-corrected chi connectivity index (χ4v) is 2.05. The van der Waals surface area contributed by atoms with Gasteiger partial charge >= 0.3 is 0 Å². The van der Waals surface area contributed by atoms with E-state index in [9.17, 15) is 9.59 Å². The second-order valence-corrected chi connectivity index (χ2v) is 4.62. The van der Waals surface area contributed by atoms with Crippen molar-refractivity contribution in [2.24, 2.45) is 7.05 Å². The molecule has 3 heterocycles. The SMILES string of the molecule is Cn1ncc2c(=O)n(CCn3cc(N)ccc3=O)nnc21. The smallest absolute Gasteiger partial charge is 0.280 e. The van der Waals surface area contributed by atoms with Crippen LogP contribution in [0.2, 0.25) is 0 Å². The van der Waals surface area contributed by atoms with Gasteiger partial charge in [0.05, 0.1) is 12.7 Å². The van der Waals surface area contributed by atoms with Crippen LogP contribution in [-0.4, -0.2) is 29.3 Å². The maximum atomic E-state index is 12.2. The number of nitrogen functional groups attached to an aromatic ring is 1. The topological polar surface area (TPSA) is 114 Å². The maximum Gasteiger partial charge on any atom is 0.280 e. The van der Waals surface area contributed by atoms with Crippen LogP contribution < -0.4 is 16.9 Å². The monoisotopic (exact) mass is 287 g/mol. The highest BCUT2D eigenvalue weighted by molar-refractivity contribution is 5.72. The van der Waals surface area contributed by atoms with Gasteiger partial charge in [-0.1, -0.05) is 5.21 Å². The van der Waals surface area contributed by atoms with Crippen LogP contribution in [0.4, 0.5) is 5.69 Å². The number of anilines is 1. The Morgan fingerprint density at radius 3 is 2.86 bits per heavy atom. The van der Waals surface area contributed by atoms with Crippen LogP contribution in [0.3, 0.4) is 0 Å². The van der Waals surface area contributed by atoms with Crippen molar-refractivity contribution in [3.8, 4) is 0 Å². The van der Waals surface area contributed by atoms with Crippen molar-refractivity contribution in [1.29, 1.82) is 0 Å². The molecule has 2 N–H and O–H groups in total. The number of pyridine rings is 1. The highest BCUT2D eigenvalue weighted by Crippen LogP contribution is 2.02. The predicted molar refractivity (Wildman–Crippen MR) is 75.7 cm³/mol. The number of aryl methyl sites for hydroxylation is 3. The van der Waals surface area contributed by atoms with E-state index in [1.165, 1.54) is 38.5 Å². The highest BCUT2D eigenvalue weighted by atomic mass is 16.1. The van der Waals surface area contributed by atoms with E-state index in [2.05, 4.69) is 15.4 Å². The lowest BCUT2D eigenvalue weighted by atomic mass is 10.4. The first-order valence-corrected chi connectivity index (χ1v) is 6.28. The molecule has 0 unspecified atom stereocenters. The van der Waals surface area contributed by atoms with Crippen molar-refractivity contribution in [1.82, 2.24) is 29.3 Å². The second kappa shape index (κ2) is 4.85. The Morgan fingerprint density at radius 2 is 2.05 bits per heavy atom. The molecule has 0 aliphatic heterocycles. The molecular weight excluding hydrogens is 274 g/mol. The summed E-state index contributed by atoms with van der Waals surface area (Å²) in [6, 6.07) is 2.92. The zero-order valence-corrected chi connectivity index (χ0v) is 11.3. The first-order chi connectivity index (χ1) is 10.1. The molecule has 108 valence electrons. The molecule has 3 rings (SSSR count). The Kier molecular flexibility index (Phi) is 3.01. The van der Waals surface area contributed by atoms with Crippen molar-refractivity contribution >= 4 is 16.7 Å². The number of rotatable bonds is 3. The van der Waals surface area contributed by atoms with E-state index in [1.807, 2.05) is 0 Å². The quantitative estimate of drug-likeness (QED) is 0.659. The van der Waals surface area contributed by atoms with Gasteiger partial charge in [0.2, 0.25) is 0 Å². The first kappa shape index (κ1) is 13.0. The van der Waals surface area contributed by atoms with E-state index in [-0.39, 0.29) is 24.2 Å². The number of hydrogen-bond acceptors (Lipinski definition) is 6. The van der Waals surface area contributed by atoms with Gasteiger partial charge in [0.1, 0.15) is 5.39 Å². The van der Waals surface area contributed by atoms with Crippen molar-refractivity contribution in [3.05, 3.63) is 45.2 Å². The maximum absolute atomic E-state index is 12.2. The Bertz CT molecular complexity index is 921. The number of aromatic nitrogens is 6. The molecule has 3 aromatic rings. The summed E-state index contributed by atoms with van der Waals surface area (Å²) in [4.78, 5) is 23.9. The summed E-state index contributed by atoms with van der Waals surface area (Å²) in [5.41, 5.74) is 6.07. The van der Waals surface area contributed by atoms with Gasteiger partial charge in [-0.25, -0.2) is 9.36 Å². The molecule has 0 fully saturated rings. The lowest BCUT2D eigenvalue weighted by Gasteiger charge is -2.07. The Labute approximate surface area is 118 Å². The third-order valence-electron chi connectivity index (χ3n) is 3.18. The molecular formula is C12H13N7O2. The standard InChI is InChI=1S/C12H13N7O2/c1-17-11-9(6-14-17)12(21)19(16-15-11)5-4-18-7-8(13)2-3-10(18)20/h2-3,6-7H,4-5,13H2,1H3. The van der Waals surface area contributed by atoms with E-state index in [1.54, 1.807) is 7.05 Å². The molecule has 3 aromatic heterocycles. The van der Waals surface area contributed by atoms with Gasteiger partial charge in [-0.3, -0.25) is 9.59 Å². The van der Waals surface area contributed by atoms with E-state index in [0.29, 0.717) is 16.7 Å². The largest absolute Gasteiger partial charge is 0.398 e. The van der Waals surface area contributed by atoms with Crippen LogP contribution in [0.25, 0.3) is 11.0 Å². The minimum atomic E-state index is -0.287. The molecule has 0 spiro atoms. The molecule has 21 heavy (non-hydrogen) atoms. The van der Waals surface area contributed by atoms with Gasteiger partial charge in [-0.2, -0.15) is 5.10 Å². The summed E-state index contributed by atoms with van der Waals surface area (Å²) < 4.78 is 4.12. The molecule has 0 aromatic carbocycles. The zero-order valence-electron chi connectivity index (χ0n) is 11.3. The van der Waals surface area contributed by atoms with E-state index in [4.69, 9.17) is 5.73 Å². The van der Waals surface area contributed by atoms with Crippen molar-refractivity contribution < 1.29 is 0 Å². The molecule has 0 saturated carbocycles. The molecule has 9 nitrogen and oxygen atoms in total. The minimum absolute atomic E-state index is 0.187. The normalized spacial score (nSPS) is 11.1. The summed E-state index contributed by atoms with van der Waals surface area (Å²) >= 11 is 0. The Morgan fingerprint density at radius 1 is 1.24 bits per heavy atom. The van der Waals surface area contributed by atoms with Crippen molar-refractivity contribution in [3.63, 3.8) is 0 Å². The van der Waals surface area contributed by atoms with Gasteiger partial charge in [-0.15, -0.1) is 5.10 Å². The number of nitrogens with two attached hydrogens (primary N) is 1. The van der Waals surface area contributed by atoms with Crippen LogP contribution in [-0.2, 0) is 20.1 Å². The molecule has 0 radical (unpaired) electrons. The molecule has 0 saturated heterocycles. The van der Waals surface area contributed by atoms with E-state index in [0.717, 1.165) is 0 Å². The van der Waals surface area contributed by atoms with Crippen molar-refractivity contribution in [2.75, 3.05) is 5.73 Å². The predicted octanol–water partition coefficient (Wildman–Crippen LogP) is -1.03.